The molecule has 1 saturated carbocycles. The number of carbonyl (C=O) groups excluding carboxylic acids is 2. The Morgan fingerprint density at radius 2 is 2.14 bits per heavy atom. The second kappa shape index (κ2) is 8.62. The van der Waals surface area contributed by atoms with Gasteiger partial charge in [0.1, 0.15) is 6.04 Å². The van der Waals surface area contributed by atoms with Crippen LogP contribution >= 0.6 is 22.9 Å². The number of nitrogens with zero attached hydrogens (tertiary/aromatic N) is 2. The van der Waals surface area contributed by atoms with Crippen LogP contribution in [-0.4, -0.2) is 34.3 Å². The summed E-state index contributed by atoms with van der Waals surface area (Å²) < 4.78 is 0. The van der Waals surface area contributed by atoms with Gasteiger partial charge in [-0.1, -0.05) is 49.8 Å². The molecule has 1 aliphatic heterocycles. The highest BCUT2D eigenvalue weighted by atomic mass is 35.5. The van der Waals surface area contributed by atoms with E-state index in [1.807, 2.05) is 17.5 Å². The number of amides is 2. The molecule has 2 amide bonds. The van der Waals surface area contributed by atoms with Gasteiger partial charge in [-0.3, -0.25) is 9.59 Å². The topological polar surface area (TPSA) is 62.3 Å². The standard InChI is InChI=1S/C21H24ClN3O2S/c22-17-8-4-7-16-15(17)9-11-25(20(16)27)18(13-14-5-2-1-3-6-14)19(26)24-21-23-10-12-28-21/h4,7-8,10,12,14,18H,1-3,5-6,9,11,13H2,(H,23,24,26). The molecule has 0 spiro atoms. The Labute approximate surface area is 174 Å². The van der Waals surface area contributed by atoms with Gasteiger partial charge in [0.25, 0.3) is 5.91 Å². The summed E-state index contributed by atoms with van der Waals surface area (Å²) in [7, 11) is 0. The summed E-state index contributed by atoms with van der Waals surface area (Å²) in [5.41, 5.74) is 1.51. The van der Waals surface area contributed by atoms with Gasteiger partial charge in [-0.15, -0.1) is 11.3 Å². The maximum absolute atomic E-state index is 13.2. The molecule has 1 aromatic heterocycles. The Hall–Kier alpha value is -1.92. The quantitative estimate of drug-likeness (QED) is 0.761. The summed E-state index contributed by atoms with van der Waals surface area (Å²) in [4.78, 5) is 32.3. The van der Waals surface area contributed by atoms with Crippen molar-refractivity contribution >= 4 is 39.9 Å². The summed E-state index contributed by atoms with van der Waals surface area (Å²) in [5.74, 6) is 0.243. The van der Waals surface area contributed by atoms with Crippen LogP contribution in [0, 0.1) is 5.92 Å². The Morgan fingerprint density at radius 3 is 2.89 bits per heavy atom. The second-order valence-corrected chi connectivity index (χ2v) is 8.90. The molecule has 1 atom stereocenters. The number of hydrogen-bond donors (Lipinski definition) is 1. The van der Waals surface area contributed by atoms with E-state index in [9.17, 15) is 9.59 Å². The van der Waals surface area contributed by atoms with Gasteiger partial charge >= 0.3 is 0 Å². The lowest BCUT2D eigenvalue weighted by Gasteiger charge is -2.37. The van der Waals surface area contributed by atoms with Crippen LogP contribution in [-0.2, 0) is 11.2 Å². The first kappa shape index (κ1) is 19.4. The minimum Gasteiger partial charge on any atom is -0.326 e. The van der Waals surface area contributed by atoms with Gasteiger partial charge in [-0.2, -0.15) is 0 Å². The molecule has 1 fully saturated rings. The predicted octanol–water partition coefficient (Wildman–Crippen LogP) is 4.77. The van der Waals surface area contributed by atoms with E-state index in [0.717, 1.165) is 18.4 Å². The van der Waals surface area contributed by atoms with Gasteiger partial charge < -0.3 is 10.2 Å². The number of hydrogen-bond acceptors (Lipinski definition) is 4. The first-order valence-corrected chi connectivity index (χ1v) is 11.2. The lowest BCUT2D eigenvalue weighted by molar-refractivity contribution is -0.121. The van der Waals surface area contributed by atoms with E-state index in [1.54, 1.807) is 17.2 Å². The molecule has 1 aliphatic carbocycles. The summed E-state index contributed by atoms with van der Waals surface area (Å²) in [6, 6.07) is 4.95. The monoisotopic (exact) mass is 417 g/mol. The third-order valence-electron chi connectivity index (χ3n) is 5.84. The zero-order valence-corrected chi connectivity index (χ0v) is 17.3. The molecule has 0 saturated heterocycles. The number of aromatic nitrogens is 1. The lowest BCUT2D eigenvalue weighted by Crippen LogP contribution is -2.51. The molecule has 148 valence electrons. The van der Waals surface area contributed by atoms with E-state index >= 15 is 0 Å². The molecule has 2 heterocycles. The number of carbonyl (C=O) groups is 2. The van der Waals surface area contributed by atoms with Gasteiger partial charge in [0, 0.05) is 28.7 Å². The molecule has 7 heteroatoms. The fraction of sp³-hybridized carbons (Fsp3) is 0.476. The van der Waals surface area contributed by atoms with Crippen LogP contribution in [0.4, 0.5) is 5.13 Å². The van der Waals surface area contributed by atoms with Crippen molar-refractivity contribution in [1.82, 2.24) is 9.88 Å². The molecule has 0 radical (unpaired) electrons. The van der Waals surface area contributed by atoms with E-state index in [4.69, 9.17) is 11.6 Å². The summed E-state index contributed by atoms with van der Waals surface area (Å²) in [6.07, 6.45) is 8.99. The molecule has 0 bridgehead atoms. The first-order chi connectivity index (χ1) is 13.6. The van der Waals surface area contributed by atoms with E-state index in [1.165, 1.54) is 30.6 Å². The predicted molar refractivity (Wildman–Crippen MR) is 112 cm³/mol. The third kappa shape index (κ3) is 4.08. The van der Waals surface area contributed by atoms with E-state index < -0.39 is 6.04 Å². The SMILES string of the molecule is O=C(Nc1nccs1)C(CC1CCCCC1)N1CCc2c(Cl)cccc2C1=O. The maximum atomic E-state index is 13.2. The van der Waals surface area contributed by atoms with Crippen molar-refractivity contribution in [2.24, 2.45) is 5.92 Å². The highest BCUT2D eigenvalue weighted by Gasteiger charge is 2.36. The molecule has 1 N–H and O–H groups in total. The minimum absolute atomic E-state index is 0.0983. The van der Waals surface area contributed by atoms with Crippen molar-refractivity contribution in [3.8, 4) is 0 Å². The number of benzene rings is 1. The van der Waals surface area contributed by atoms with Crippen LogP contribution in [0.1, 0.15) is 54.4 Å². The zero-order valence-electron chi connectivity index (χ0n) is 15.7. The third-order valence-corrected chi connectivity index (χ3v) is 6.88. The molecule has 5 nitrogen and oxygen atoms in total. The normalized spacial score (nSPS) is 18.6. The highest BCUT2D eigenvalue weighted by molar-refractivity contribution is 7.13. The second-order valence-electron chi connectivity index (χ2n) is 7.60. The van der Waals surface area contributed by atoms with Crippen molar-refractivity contribution in [2.75, 3.05) is 11.9 Å². The number of thiazole rings is 1. The minimum atomic E-state index is -0.480. The molecule has 1 aromatic carbocycles. The van der Waals surface area contributed by atoms with Crippen molar-refractivity contribution in [3.05, 3.63) is 45.9 Å². The smallest absolute Gasteiger partial charge is 0.254 e. The summed E-state index contributed by atoms with van der Waals surface area (Å²) in [6.45, 7) is 0.512. The van der Waals surface area contributed by atoms with Crippen molar-refractivity contribution in [1.29, 1.82) is 0 Å². The maximum Gasteiger partial charge on any atom is 0.254 e. The Morgan fingerprint density at radius 1 is 1.32 bits per heavy atom. The molecule has 28 heavy (non-hydrogen) atoms. The summed E-state index contributed by atoms with van der Waals surface area (Å²) >= 11 is 7.68. The largest absolute Gasteiger partial charge is 0.326 e. The zero-order chi connectivity index (χ0) is 19.5. The van der Waals surface area contributed by atoms with Gasteiger partial charge in [-0.05, 0) is 36.5 Å². The van der Waals surface area contributed by atoms with Crippen LogP contribution in [0.25, 0.3) is 0 Å². The fourth-order valence-corrected chi connectivity index (χ4v) is 5.19. The fourth-order valence-electron chi connectivity index (χ4n) is 4.39. The van der Waals surface area contributed by atoms with E-state index in [-0.39, 0.29) is 11.8 Å². The van der Waals surface area contributed by atoms with Crippen molar-refractivity contribution in [3.63, 3.8) is 0 Å². The van der Waals surface area contributed by atoms with Crippen molar-refractivity contribution < 1.29 is 9.59 Å². The van der Waals surface area contributed by atoms with Gasteiger partial charge in [-0.25, -0.2) is 4.98 Å². The number of anilines is 1. The Bertz CT molecular complexity index is 849. The summed E-state index contributed by atoms with van der Waals surface area (Å²) in [5, 5.41) is 5.94. The van der Waals surface area contributed by atoms with E-state index in [2.05, 4.69) is 10.3 Å². The number of rotatable bonds is 5. The van der Waals surface area contributed by atoms with Gasteiger partial charge in [0.15, 0.2) is 5.13 Å². The number of nitrogens with one attached hydrogen (secondary N) is 1. The average Bonchev–Trinajstić information content (AvgIpc) is 3.21. The number of fused-ring (bicyclic) bond motifs is 1. The first-order valence-electron chi connectivity index (χ1n) is 9.92. The highest BCUT2D eigenvalue weighted by Crippen LogP contribution is 2.32. The van der Waals surface area contributed by atoms with Gasteiger partial charge in [0.05, 0.1) is 0 Å². The van der Waals surface area contributed by atoms with Crippen LogP contribution in [0.15, 0.2) is 29.8 Å². The van der Waals surface area contributed by atoms with Crippen LogP contribution in [0.5, 0.6) is 0 Å². The van der Waals surface area contributed by atoms with Gasteiger partial charge in [0.2, 0.25) is 5.91 Å². The molecule has 2 aromatic rings. The average molecular weight is 418 g/mol. The lowest BCUT2D eigenvalue weighted by atomic mass is 9.83. The Balaban J connectivity index is 1.58. The van der Waals surface area contributed by atoms with E-state index in [0.29, 0.717) is 41.0 Å². The molecule has 4 rings (SSSR count). The molecular formula is C21H24ClN3O2S. The molecular weight excluding hydrogens is 394 g/mol. The van der Waals surface area contributed by atoms with Crippen LogP contribution in [0.2, 0.25) is 5.02 Å². The molecule has 1 unspecified atom stereocenters. The van der Waals surface area contributed by atoms with Crippen LogP contribution in [0.3, 0.4) is 0 Å². The number of halogens is 1. The Kier molecular flexibility index (Phi) is 5.97. The molecule has 2 aliphatic rings. The van der Waals surface area contributed by atoms with Crippen LogP contribution < -0.4 is 5.32 Å². The van der Waals surface area contributed by atoms with Crippen molar-refractivity contribution in [2.45, 2.75) is 51.0 Å².